The summed E-state index contributed by atoms with van der Waals surface area (Å²) in [7, 11) is 0. The third-order valence-corrected chi connectivity index (χ3v) is 4.49. The zero-order valence-electron chi connectivity index (χ0n) is 14.5. The summed E-state index contributed by atoms with van der Waals surface area (Å²) in [6.07, 6.45) is 4.17. The van der Waals surface area contributed by atoms with Crippen molar-refractivity contribution in [3.63, 3.8) is 0 Å². The molecule has 0 radical (unpaired) electrons. The van der Waals surface area contributed by atoms with Crippen molar-refractivity contribution in [3.05, 3.63) is 35.6 Å². The molecule has 0 saturated carbocycles. The van der Waals surface area contributed by atoms with Crippen molar-refractivity contribution in [3.8, 4) is 0 Å². The van der Waals surface area contributed by atoms with E-state index in [9.17, 15) is 9.18 Å². The van der Waals surface area contributed by atoms with Crippen LogP contribution in [0.25, 0.3) is 0 Å². The smallest absolute Gasteiger partial charge is 0.222 e. The second-order valence-electron chi connectivity index (χ2n) is 6.74. The van der Waals surface area contributed by atoms with E-state index < -0.39 is 0 Å². The lowest BCUT2D eigenvalue weighted by Crippen LogP contribution is -2.41. The van der Waals surface area contributed by atoms with Crippen molar-refractivity contribution in [1.82, 2.24) is 4.90 Å². The normalized spacial score (nSPS) is 17.0. The summed E-state index contributed by atoms with van der Waals surface area (Å²) < 4.78 is 19.0. The quantitative estimate of drug-likeness (QED) is 0.743. The van der Waals surface area contributed by atoms with Crippen LogP contribution in [0.15, 0.2) is 24.3 Å². The molecule has 4 nitrogen and oxygen atoms in total. The molecular formula is C19H29FN2O2. The predicted octanol–water partition coefficient (Wildman–Crippen LogP) is 2.75. The van der Waals surface area contributed by atoms with Crippen LogP contribution < -0.4 is 5.73 Å². The van der Waals surface area contributed by atoms with Crippen molar-refractivity contribution in [2.75, 3.05) is 26.2 Å². The molecule has 0 bridgehead atoms. The summed E-state index contributed by atoms with van der Waals surface area (Å²) in [6.45, 7) is 4.93. The largest absolute Gasteiger partial charge is 0.378 e. The number of carbonyl (C=O) groups excluding carboxylic acids is 1. The van der Waals surface area contributed by atoms with Gasteiger partial charge in [-0.3, -0.25) is 4.79 Å². The average Bonchev–Trinajstić information content (AvgIpc) is 2.55. The van der Waals surface area contributed by atoms with E-state index in [-0.39, 0.29) is 23.7 Å². The summed E-state index contributed by atoms with van der Waals surface area (Å²) in [5, 5.41) is 0. The summed E-state index contributed by atoms with van der Waals surface area (Å²) in [5.41, 5.74) is 6.41. The first kappa shape index (κ1) is 18.9. The third-order valence-electron chi connectivity index (χ3n) is 4.49. The summed E-state index contributed by atoms with van der Waals surface area (Å²) >= 11 is 0. The van der Waals surface area contributed by atoms with E-state index in [0.717, 1.165) is 44.3 Å². The first-order valence-corrected chi connectivity index (χ1v) is 8.92. The van der Waals surface area contributed by atoms with E-state index in [1.54, 1.807) is 12.1 Å². The summed E-state index contributed by atoms with van der Waals surface area (Å²) in [5.74, 6) is 0.180. The number of hydrogen-bond acceptors (Lipinski definition) is 3. The van der Waals surface area contributed by atoms with E-state index in [4.69, 9.17) is 10.5 Å². The maximum atomic E-state index is 13.2. The lowest BCUT2D eigenvalue weighted by atomic mass is 9.97. The average molecular weight is 336 g/mol. The van der Waals surface area contributed by atoms with E-state index in [2.05, 4.69) is 0 Å². The molecule has 1 aromatic rings. The fourth-order valence-corrected chi connectivity index (χ4v) is 3.17. The highest BCUT2D eigenvalue weighted by Gasteiger charge is 2.24. The summed E-state index contributed by atoms with van der Waals surface area (Å²) in [4.78, 5) is 14.4. The van der Waals surface area contributed by atoms with Gasteiger partial charge >= 0.3 is 0 Å². The van der Waals surface area contributed by atoms with E-state index in [1.165, 1.54) is 6.07 Å². The van der Waals surface area contributed by atoms with Gasteiger partial charge in [0.05, 0.1) is 6.10 Å². The second kappa shape index (κ2) is 9.74. The Morgan fingerprint density at radius 3 is 2.83 bits per heavy atom. The SMILES string of the molecule is CC(CC(=O)N1CCC(OCCCN)CC1)Cc1cccc(F)c1. The Bertz CT molecular complexity index is 516. The molecular weight excluding hydrogens is 307 g/mol. The topological polar surface area (TPSA) is 55.6 Å². The molecule has 1 saturated heterocycles. The van der Waals surface area contributed by atoms with Gasteiger partial charge in [0.15, 0.2) is 0 Å². The van der Waals surface area contributed by atoms with Crippen LogP contribution in [0.5, 0.6) is 0 Å². The van der Waals surface area contributed by atoms with Crippen molar-refractivity contribution in [2.24, 2.45) is 11.7 Å². The number of benzene rings is 1. The number of amides is 1. The number of nitrogens with two attached hydrogens (primary N) is 1. The standard InChI is InChI=1S/C19H29FN2O2/c1-15(12-16-4-2-5-17(20)14-16)13-19(23)22-9-6-18(7-10-22)24-11-3-8-21/h2,4-5,14-15,18H,3,6-13,21H2,1H3. The maximum Gasteiger partial charge on any atom is 0.222 e. The van der Waals surface area contributed by atoms with Crippen LogP contribution in [0.1, 0.15) is 38.2 Å². The highest BCUT2D eigenvalue weighted by Crippen LogP contribution is 2.18. The lowest BCUT2D eigenvalue weighted by Gasteiger charge is -2.32. The molecule has 0 spiro atoms. The lowest BCUT2D eigenvalue weighted by molar-refractivity contribution is -0.134. The van der Waals surface area contributed by atoms with Gasteiger partial charge in [-0.2, -0.15) is 0 Å². The molecule has 2 rings (SSSR count). The number of likely N-dealkylation sites (tertiary alicyclic amines) is 1. The van der Waals surface area contributed by atoms with Crippen LogP contribution in [0.2, 0.25) is 0 Å². The fourth-order valence-electron chi connectivity index (χ4n) is 3.17. The fraction of sp³-hybridized carbons (Fsp3) is 0.632. The van der Waals surface area contributed by atoms with Crippen molar-refractivity contribution >= 4 is 5.91 Å². The number of ether oxygens (including phenoxy) is 1. The van der Waals surface area contributed by atoms with Gasteiger partial charge < -0.3 is 15.4 Å². The minimum absolute atomic E-state index is 0.194. The Labute approximate surface area is 144 Å². The van der Waals surface area contributed by atoms with E-state index in [0.29, 0.717) is 19.6 Å². The first-order valence-electron chi connectivity index (χ1n) is 8.92. The molecule has 2 N–H and O–H groups in total. The van der Waals surface area contributed by atoms with Gasteiger partial charge in [0.1, 0.15) is 5.82 Å². The second-order valence-corrected chi connectivity index (χ2v) is 6.74. The number of halogens is 1. The molecule has 1 amide bonds. The highest BCUT2D eigenvalue weighted by atomic mass is 19.1. The molecule has 1 heterocycles. The third kappa shape index (κ3) is 6.21. The number of carbonyl (C=O) groups is 1. The Morgan fingerprint density at radius 2 is 2.17 bits per heavy atom. The van der Waals surface area contributed by atoms with E-state index >= 15 is 0 Å². The maximum absolute atomic E-state index is 13.2. The van der Waals surface area contributed by atoms with Crippen LogP contribution in [0.3, 0.4) is 0 Å². The van der Waals surface area contributed by atoms with Gasteiger partial charge in [-0.25, -0.2) is 4.39 Å². The minimum Gasteiger partial charge on any atom is -0.378 e. The Morgan fingerprint density at radius 1 is 1.42 bits per heavy atom. The van der Waals surface area contributed by atoms with Gasteiger partial charge in [-0.05, 0) is 55.8 Å². The molecule has 134 valence electrons. The molecule has 5 heteroatoms. The molecule has 0 aliphatic carbocycles. The molecule has 1 aromatic carbocycles. The van der Waals surface area contributed by atoms with Crippen molar-refractivity contribution in [1.29, 1.82) is 0 Å². The molecule has 1 fully saturated rings. The molecule has 1 aliphatic rings. The summed E-state index contributed by atoms with van der Waals surface area (Å²) in [6, 6.07) is 6.62. The Kier molecular flexibility index (Phi) is 7.66. The first-order chi connectivity index (χ1) is 11.6. The number of rotatable bonds is 8. The van der Waals surface area contributed by atoms with Gasteiger partial charge in [0.2, 0.25) is 5.91 Å². The predicted molar refractivity (Wildman–Crippen MR) is 93.1 cm³/mol. The zero-order valence-corrected chi connectivity index (χ0v) is 14.5. The van der Waals surface area contributed by atoms with Crippen LogP contribution in [0.4, 0.5) is 4.39 Å². The molecule has 1 aliphatic heterocycles. The van der Waals surface area contributed by atoms with Crippen LogP contribution >= 0.6 is 0 Å². The van der Waals surface area contributed by atoms with Crippen LogP contribution in [-0.4, -0.2) is 43.2 Å². The molecule has 1 atom stereocenters. The van der Waals surface area contributed by atoms with Gasteiger partial charge in [-0.15, -0.1) is 0 Å². The van der Waals surface area contributed by atoms with Gasteiger partial charge in [0, 0.05) is 26.1 Å². The van der Waals surface area contributed by atoms with Gasteiger partial charge in [0.25, 0.3) is 0 Å². The number of hydrogen-bond donors (Lipinski definition) is 1. The molecule has 1 unspecified atom stereocenters. The monoisotopic (exact) mass is 336 g/mol. The Hall–Kier alpha value is -1.46. The number of nitrogens with zero attached hydrogens (tertiary/aromatic N) is 1. The van der Waals surface area contributed by atoms with Gasteiger partial charge in [-0.1, -0.05) is 19.1 Å². The Balaban J connectivity index is 1.71. The molecule has 24 heavy (non-hydrogen) atoms. The van der Waals surface area contributed by atoms with Crippen LogP contribution in [0, 0.1) is 11.7 Å². The van der Waals surface area contributed by atoms with E-state index in [1.807, 2.05) is 17.9 Å². The molecule has 0 aromatic heterocycles. The highest BCUT2D eigenvalue weighted by molar-refractivity contribution is 5.76. The number of piperidine rings is 1. The zero-order chi connectivity index (χ0) is 17.4. The minimum atomic E-state index is -0.220. The van der Waals surface area contributed by atoms with Crippen molar-refractivity contribution < 1.29 is 13.9 Å². The van der Waals surface area contributed by atoms with Crippen LogP contribution in [-0.2, 0) is 16.0 Å². The van der Waals surface area contributed by atoms with Crippen molar-refractivity contribution in [2.45, 2.75) is 45.1 Å².